The molecule has 0 amide bonds. The van der Waals surface area contributed by atoms with Crippen molar-refractivity contribution in [2.75, 3.05) is 0 Å². The van der Waals surface area contributed by atoms with Gasteiger partial charge in [-0.2, -0.15) is 0 Å². The quantitative estimate of drug-likeness (QED) is 0.473. The van der Waals surface area contributed by atoms with E-state index in [4.69, 9.17) is 0 Å². The average molecular weight is 321 g/mol. The molecule has 0 spiro atoms. The summed E-state index contributed by atoms with van der Waals surface area (Å²) in [6.45, 7) is 0. The summed E-state index contributed by atoms with van der Waals surface area (Å²) in [7, 11) is 0. The van der Waals surface area contributed by atoms with Gasteiger partial charge in [-0.3, -0.25) is 0 Å². The van der Waals surface area contributed by atoms with Crippen LogP contribution in [0.1, 0.15) is 22.6 Å². The van der Waals surface area contributed by atoms with Gasteiger partial charge in [-0.1, -0.05) is 0 Å². The zero-order valence-corrected chi connectivity index (χ0v) is 12.7. The topological polar surface area (TPSA) is 0 Å². The molecule has 1 heteroatoms. The molecule has 1 aliphatic heterocycles. The first kappa shape index (κ1) is 12.0. The van der Waals surface area contributed by atoms with Crippen LogP contribution < -0.4 is 8.92 Å². The Bertz CT molecular complexity index is 701. The Labute approximate surface area is 125 Å². The van der Waals surface area contributed by atoms with E-state index in [0.29, 0.717) is 20.9 Å². The molecule has 3 aromatic carbocycles. The third-order valence-electron chi connectivity index (χ3n) is 3.81. The van der Waals surface area contributed by atoms with Crippen molar-refractivity contribution in [3.8, 4) is 0 Å². The molecule has 0 saturated heterocycles. The summed E-state index contributed by atoms with van der Waals surface area (Å²) in [5.74, 6) is 0.388. The second kappa shape index (κ2) is 4.94. The van der Waals surface area contributed by atoms with Gasteiger partial charge in [0.15, 0.2) is 0 Å². The van der Waals surface area contributed by atoms with E-state index in [1.54, 1.807) is 0 Å². The predicted octanol–water partition coefficient (Wildman–Crippen LogP) is 2.84. The SMILES string of the molecule is c1ccc(C2c3ccccc3[Se]c3ccccc32)cc1. The van der Waals surface area contributed by atoms with E-state index in [0.717, 1.165) is 0 Å². The van der Waals surface area contributed by atoms with Gasteiger partial charge >= 0.3 is 125 Å². The summed E-state index contributed by atoms with van der Waals surface area (Å²) in [5.41, 5.74) is 4.36. The molecule has 0 radical (unpaired) electrons. The van der Waals surface area contributed by atoms with Gasteiger partial charge in [-0.05, 0) is 0 Å². The molecule has 20 heavy (non-hydrogen) atoms. The molecule has 0 N–H and O–H groups in total. The molecular weight excluding hydrogens is 307 g/mol. The summed E-state index contributed by atoms with van der Waals surface area (Å²) in [4.78, 5) is 0. The van der Waals surface area contributed by atoms with Crippen molar-refractivity contribution in [3.05, 3.63) is 95.6 Å². The Morgan fingerprint density at radius 2 is 1.05 bits per heavy atom. The minimum absolute atomic E-state index is 0.388. The second-order valence-electron chi connectivity index (χ2n) is 5.02. The van der Waals surface area contributed by atoms with Crippen molar-refractivity contribution in [2.45, 2.75) is 5.92 Å². The number of hydrogen-bond donors (Lipinski definition) is 0. The first-order chi connectivity index (χ1) is 9.93. The molecule has 0 unspecified atom stereocenters. The van der Waals surface area contributed by atoms with Gasteiger partial charge < -0.3 is 0 Å². The summed E-state index contributed by atoms with van der Waals surface area (Å²) < 4.78 is 3.04. The Morgan fingerprint density at radius 1 is 0.550 bits per heavy atom. The molecule has 0 bridgehead atoms. The van der Waals surface area contributed by atoms with Gasteiger partial charge in [0.05, 0.1) is 0 Å². The molecule has 1 aliphatic rings. The van der Waals surface area contributed by atoms with Crippen LogP contribution in [0.4, 0.5) is 0 Å². The first-order valence-corrected chi connectivity index (χ1v) is 8.55. The van der Waals surface area contributed by atoms with E-state index in [1.165, 1.54) is 25.6 Å². The number of rotatable bonds is 1. The van der Waals surface area contributed by atoms with E-state index in [1.807, 2.05) is 0 Å². The van der Waals surface area contributed by atoms with Crippen molar-refractivity contribution in [1.82, 2.24) is 0 Å². The molecule has 3 aromatic rings. The average Bonchev–Trinajstić information content (AvgIpc) is 2.53. The Kier molecular flexibility index (Phi) is 2.95. The molecular formula is C19H14Se. The van der Waals surface area contributed by atoms with Crippen LogP contribution in [-0.4, -0.2) is 15.0 Å². The van der Waals surface area contributed by atoms with Gasteiger partial charge in [0.2, 0.25) is 0 Å². The second-order valence-corrected chi connectivity index (χ2v) is 7.30. The first-order valence-electron chi connectivity index (χ1n) is 6.84. The van der Waals surface area contributed by atoms with Crippen LogP contribution in [0.5, 0.6) is 0 Å². The van der Waals surface area contributed by atoms with E-state index >= 15 is 0 Å². The molecule has 0 atom stereocenters. The van der Waals surface area contributed by atoms with E-state index in [-0.39, 0.29) is 0 Å². The van der Waals surface area contributed by atoms with Crippen molar-refractivity contribution >= 4 is 23.9 Å². The Morgan fingerprint density at radius 3 is 1.65 bits per heavy atom. The van der Waals surface area contributed by atoms with E-state index in [2.05, 4.69) is 78.9 Å². The van der Waals surface area contributed by atoms with Crippen molar-refractivity contribution < 1.29 is 0 Å². The fraction of sp³-hybridized carbons (Fsp3) is 0.0526. The standard InChI is InChI=1S/C19H14Se/c1-2-8-14(9-3-1)19-15-10-4-6-12-17(15)20-18-13-7-5-11-16(18)19/h1-13,19H. The van der Waals surface area contributed by atoms with Crippen LogP contribution in [0, 0.1) is 0 Å². The molecule has 0 fully saturated rings. The van der Waals surface area contributed by atoms with Gasteiger partial charge in [0.1, 0.15) is 0 Å². The van der Waals surface area contributed by atoms with Crippen LogP contribution in [0.15, 0.2) is 78.9 Å². The fourth-order valence-corrected chi connectivity index (χ4v) is 5.30. The molecule has 0 nitrogen and oxygen atoms in total. The normalized spacial score (nSPS) is 13.6. The van der Waals surface area contributed by atoms with Crippen molar-refractivity contribution in [1.29, 1.82) is 0 Å². The fourth-order valence-electron chi connectivity index (χ4n) is 2.91. The van der Waals surface area contributed by atoms with Crippen LogP contribution in [0.2, 0.25) is 0 Å². The Hall–Kier alpha value is -1.82. The number of benzene rings is 3. The van der Waals surface area contributed by atoms with Crippen molar-refractivity contribution in [3.63, 3.8) is 0 Å². The third kappa shape index (κ3) is 1.91. The molecule has 0 saturated carbocycles. The van der Waals surface area contributed by atoms with Crippen LogP contribution in [-0.2, 0) is 0 Å². The molecule has 0 aromatic heterocycles. The minimum atomic E-state index is 0.388. The van der Waals surface area contributed by atoms with Crippen LogP contribution in [0.25, 0.3) is 0 Å². The van der Waals surface area contributed by atoms with E-state index < -0.39 is 0 Å². The van der Waals surface area contributed by atoms with Crippen LogP contribution in [0.3, 0.4) is 0 Å². The summed E-state index contributed by atoms with van der Waals surface area (Å²) in [6.07, 6.45) is 0. The number of hydrogen-bond acceptors (Lipinski definition) is 0. The summed E-state index contributed by atoms with van der Waals surface area (Å²) in [6, 6.07) is 28.7. The summed E-state index contributed by atoms with van der Waals surface area (Å²) >= 11 is 0.429. The Balaban J connectivity index is 1.98. The third-order valence-corrected chi connectivity index (χ3v) is 6.30. The van der Waals surface area contributed by atoms with Crippen LogP contribution >= 0.6 is 0 Å². The predicted molar refractivity (Wildman–Crippen MR) is 85.3 cm³/mol. The van der Waals surface area contributed by atoms with Gasteiger partial charge in [-0.25, -0.2) is 0 Å². The van der Waals surface area contributed by atoms with Gasteiger partial charge in [-0.15, -0.1) is 0 Å². The molecule has 1 heterocycles. The maximum atomic E-state index is 2.30. The molecule has 0 aliphatic carbocycles. The maximum absolute atomic E-state index is 2.30. The summed E-state index contributed by atoms with van der Waals surface area (Å²) in [5, 5.41) is 0. The van der Waals surface area contributed by atoms with E-state index in [9.17, 15) is 0 Å². The van der Waals surface area contributed by atoms with Gasteiger partial charge in [0.25, 0.3) is 0 Å². The number of fused-ring (bicyclic) bond motifs is 2. The zero-order chi connectivity index (χ0) is 13.4. The van der Waals surface area contributed by atoms with Crippen molar-refractivity contribution in [2.24, 2.45) is 0 Å². The van der Waals surface area contributed by atoms with Gasteiger partial charge in [0, 0.05) is 0 Å². The zero-order valence-electron chi connectivity index (χ0n) is 11.0. The molecule has 4 rings (SSSR count). The molecule has 96 valence electrons. The monoisotopic (exact) mass is 322 g/mol.